The quantitative estimate of drug-likeness (QED) is 0.778. The van der Waals surface area contributed by atoms with Crippen molar-refractivity contribution in [2.75, 3.05) is 17.2 Å². The van der Waals surface area contributed by atoms with Gasteiger partial charge < -0.3 is 15.4 Å². The average molecular weight is 351 g/mol. The Morgan fingerprint density at radius 1 is 1.04 bits per heavy atom. The van der Waals surface area contributed by atoms with Crippen LogP contribution in [-0.4, -0.2) is 18.4 Å². The first-order chi connectivity index (χ1) is 11.5. The van der Waals surface area contributed by atoms with Crippen LogP contribution in [0, 0.1) is 5.82 Å². The molecule has 0 spiro atoms. The summed E-state index contributed by atoms with van der Waals surface area (Å²) in [6, 6.07) is 10.6. The van der Waals surface area contributed by atoms with E-state index in [1.165, 1.54) is 12.1 Å². The Morgan fingerprint density at radius 3 is 2.21 bits per heavy atom. The summed E-state index contributed by atoms with van der Waals surface area (Å²) in [6.45, 7) is 2.43. The zero-order valence-electron chi connectivity index (χ0n) is 12.9. The van der Waals surface area contributed by atoms with Gasteiger partial charge in [-0.2, -0.15) is 0 Å². The summed E-state index contributed by atoms with van der Waals surface area (Å²) in [7, 11) is 0. The summed E-state index contributed by atoms with van der Waals surface area (Å²) in [5.74, 6) is -0.879. The van der Waals surface area contributed by atoms with Crippen LogP contribution in [0.1, 0.15) is 13.3 Å². The highest BCUT2D eigenvalue weighted by atomic mass is 35.5. The molecule has 0 heterocycles. The van der Waals surface area contributed by atoms with E-state index < -0.39 is 17.6 Å². The average Bonchev–Trinajstić information content (AvgIpc) is 2.53. The Labute approximate surface area is 143 Å². The fourth-order valence-corrected chi connectivity index (χ4v) is 2.11. The number of benzene rings is 2. The zero-order valence-corrected chi connectivity index (χ0v) is 13.7. The van der Waals surface area contributed by atoms with E-state index in [1.807, 2.05) is 6.92 Å². The third-order valence-corrected chi connectivity index (χ3v) is 3.26. The first-order valence-corrected chi connectivity index (χ1v) is 7.63. The van der Waals surface area contributed by atoms with Gasteiger partial charge in [-0.15, -0.1) is 0 Å². The molecule has 5 nitrogen and oxygen atoms in total. The Morgan fingerprint density at radius 2 is 1.62 bits per heavy atom. The van der Waals surface area contributed by atoms with Crippen molar-refractivity contribution in [3.05, 3.63) is 53.3 Å². The van der Waals surface area contributed by atoms with E-state index >= 15 is 0 Å². The molecular weight excluding hydrogens is 335 g/mol. The lowest BCUT2D eigenvalue weighted by Gasteiger charge is -2.08. The molecule has 2 aromatic carbocycles. The Balaban J connectivity index is 1.86. The van der Waals surface area contributed by atoms with Gasteiger partial charge in [0, 0.05) is 11.4 Å². The molecule has 0 unspecified atom stereocenters. The predicted molar refractivity (Wildman–Crippen MR) is 90.9 cm³/mol. The summed E-state index contributed by atoms with van der Waals surface area (Å²) >= 11 is 5.63. The number of carbonyl (C=O) groups is 2. The van der Waals surface area contributed by atoms with Crippen LogP contribution < -0.4 is 15.4 Å². The summed E-state index contributed by atoms with van der Waals surface area (Å²) in [6.07, 6.45) is -0.373. The number of rotatable bonds is 6. The maximum atomic E-state index is 13.0. The van der Waals surface area contributed by atoms with E-state index in [0.29, 0.717) is 23.7 Å². The smallest absolute Gasteiger partial charge is 0.233 e. The molecule has 0 radical (unpaired) electrons. The minimum Gasteiger partial charge on any atom is -0.494 e. The number of carbonyl (C=O) groups excluding carboxylic acids is 2. The van der Waals surface area contributed by atoms with Crippen molar-refractivity contribution < 1.29 is 18.7 Å². The molecule has 7 heteroatoms. The van der Waals surface area contributed by atoms with Crippen LogP contribution in [0.2, 0.25) is 5.02 Å². The second-order valence-electron chi connectivity index (χ2n) is 4.86. The van der Waals surface area contributed by atoms with Crippen LogP contribution in [0.15, 0.2) is 42.5 Å². The monoisotopic (exact) mass is 350 g/mol. The molecular formula is C17H16ClFN2O3. The van der Waals surface area contributed by atoms with Gasteiger partial charge in [-0.1, -0.05) is 11.6 Å². The third kappa shape index (κ3) is 5.24. The van der Waals surface area contributed by atoms with E-state index in [0.717, 1.165) is 6.07 Å². The molecule has 0 aliphatic heterocycles. The van der Waals surface area contributed by atoms with Crippen LogP contribution in [0.5, 0.6) is 5.75 Å². The van der Waals surface area contributed by atoms with Crippen molar-refractivity contribution >= 4 is 34.8 Å². The van der Waals surface area contributed by atoms with Gasteiger partial charge in [0.25, 0.3) is 0 Å². The molecule has 24 heavy (non-hydrogen) atoms. The van der Waals surface area contributed by atoms with Crippen molar-refractivity contribution in [2.24, 2.45) is 0 Å². The first-order valence-electron chi connectivity index (χ1n) is 7.25. The topological polar surface area (TPSA) is 67.4 Å². The highest BCUT2D eigenvalue weighted by Crippen LogP contribution is 2.19. The predicted octanol–water partition coefficient (Wildman–Crippen LogP) is 3.85. The fourth-order valence-electron chi connectivity index (χ4n) is 1.93. The lowest BCUT2D eigenvalue weighted by molar-refractivity contribution is -0.123. The number of ether oxygens (including phenoxy) is 1. The van der Waals surface area contributed by atoms with Gasteiger partial charge in [0.05, 0.1) is 11.6 Å². The molecule has 0 fully saturated rings. The summed E-state index contributed by atoms with van der Waals surface area (Å²) in [4.78, 5) is 23.7. The second-order valence-corrected chi connectivity index (χ2v) is 5.27. The molecule has 0 aliphatic carbocycles. The maximum absolute atomic E-state index is 13.0. The normalized spacial score (nSPS) is 10.1. The summed E-state index contributed by atoms with van der Waals surface area (Å²) in [5.41, 5.74) is 0.876. The van der Waals surface area contributed by atoms with Crippen molar-refractivity contribution in [1.29, 1.82) is 0 Å². The standard InChI is InChI=1S/C17H16ClFN2O3/c1-2-24-13-6-3-11(4-7-13)20-16(22)10-17(23)21-12-5-8-15(19)14(18)9-12/h3-9H,2,10H2,1H3,(H,20,22)(H,21,23). The molecule has 2 aromatic rings. The lowest BCUT2D eigenvalue weighted by Crippen LogP contribution is -2.21. The fraction of sp³-hybridized carbons (Fsp3) is 0.176. The Hall–Kier alpha value is -2.60. The number of halogens is 2. The number of hydrogen-bond acceptors (Lipinski definition) is 3. The Bertz CT molecular complexity index is 735. The number of anilines is 2. The van der Waals surface area contributed by atoms with Gasteiger partial charge >= 0.3 is 0 Å². The van der Waals surface area contributed by atoms with Gasteiger partial charge in [-0.3, -0.25) is 9.59 Å². The van der Waals surface area contributed by atoms with Gasteiger partial charge in [-0.05, 0) is 49.4 Å². The van der Waals surface area contributed by atoms with Crippen LogP contribution >= 0.6 is 11.6 Å². The van der Waals surface area contributed by atoms with E-state index in [-0.39, 0.29) is 11.4 Å². The zero-order chi connectivity index (χ0) is 17.5. The van der Waals surface area contributed by atoms with E-state index in [2.05, 4.69) is 10.6 Å². The van der Waals surface area contributed by atoms with Crippen molar-refractivity contribution in [2.45, 2.75) is 13.3 Å². The van der Waals surface area contributed by atoms with Gasteiger partial charge in [0.2, 0.25) is 11.8 Å². The molecule has 126 valence electrons. The molecule has 0 bridgehead atoms. The summed E-state index contributed by atoms with van der Waals surface area (Å²) in [5, 5.41) is 4.98. The van der Waals surface area contributed by atoms with Gasteiger partial charge in [0.1, 0.15) is 18.0 Å². The van der Waals surface area contributed by atoms with Crippen molar-refractivity contribution in [3.8, 4) is 5.75 Å². The van der Waals surface area contributed by atoms with E-state index in [9.17, 15) is 14.0 Å². The third-order valence-electron chi connectivity index (χ3n) is 2.97. The van der Waals surface area contributed by atoms with Crippen LogP contribution in [0.3, 0.4) is 0 Å². The Kier molecular flexibility index (Phi) is 6.14. The molecule has 0 saturated heterocycles. The number of hydrogen-bond donors (Lipinski definition) is 2. The van der Waals surface area contributed by atoms with E-state index in [1.54, 1.807) is 24.3 Å². The molecule has 0 atom stereocenters. The highest BCUT2D eigenvalue weighted by molar-refractivity contribution is 6.31. The lowest BCUT2D eigenvalue weighted by atomic mass is 10.2. The first kappa shape index (κ1) is 17.7. The van der Waals surface area contributed by atoms with Crippen molar-refractivity contribution in [3.63, 3.8) is 0 Å². The highest BCUT2D eigenvalue weighted by Gasteiger charge is 2.11. The molecule has 2 N–H and O–H groups in total. The second kappa shape index (κ2) is 8.31. The van der Waals surface area contributed by atoms with Gasteiger partial charge in [0.15, 0.2) is 0 Å². The number of amides is 2. The van der Waals surface area contributed by atoms with Crippen LogP contribution in [0.4, 0.5) is 15.8 Å². The molecule has 2 rings (SSSR count). The minimum absolute atomic E-state index is 0.105. The minimum atomic E-state index is -0.581. The van der Waals surface area contributed by atoms with Crippen LogP contribution in [-0.2, 0) is 9.59 Å². The van der Waals surface area contributed by atoms with Crippen LogP contribution in [0.25, 0.3) is 0 Å². The summed E-state index contributed by atoms with van der Waals surface area (Å²) < 4.78 is 18.3. The molecule has 0 saturated carbocycles. The van der Waals surface area contributed by atoms with Gasteiger partial charge in [-0.25, -0.2) is 4.39 Å². The molecule has 2 amide bonds. The maximum Gasteiger partial charge on any atom is 0.233 e. The SMILES string of the molecule is CCOc1ccc(NC(=O)CC(=O)Nc2ccc(F)c(Cl)c2)cc1. The van der Waals surface area contributed by atoms with Crippen molar-refractivity contribution in [1.82, 2.24) is 0 Å². The molecule has 0 aromatic heterocycles. The van der Waals surface area contributed by atoms with E-state index in [4.69, 9.17) is 16.3 Å². The molecule has 0 aliphatic rings. The number of nitrogens with one attached hydrogen (secondary N) is 2. The largest absolute Gasteiger partial charge is 0.494 e.